The van der Waals surface area contributed by atoms with Crippen LogP contribution in [-0.2, 0) is 6.18 Å². The molecule has 1 N–H and O–H groups in total. The predicted molar refractivity (Wildman–Crippen MR) is 70.1 cm³/mol. The van der Waals surface area contributed by atoms with Gasteiger partial charge in [-0.05, 0) is 30.9 Å². The molecule has 5 nitrogen and oxygen atoms in total. The lowest BCUT2D eigenvalue weighted by molar-refractivity contribution is -0.388. The summed E-state index contributed by atoms with van der Waals surface area (Å²) in [6.07, 6.45) is -3.84. The van der Waals surface area contributed by atoms with E-state index >= 15 is 0 Å². The van der Waals surface area contributed by atoms with Gasteiger partial charge in [0.1, 0.15) is 5.56 Å². The predicted octanol–water partition coefficient (Wildman–Crippen LogP) is 2.82. The lowest BCUT2D eigenvalue weighted by atomic mass is 9.82. The van der Waals surface area contributed by atoms with E-state index in [1.54, 1.807) is 11.9 Å². The Labute approximate surface area is 119 Å². The molecule has 1 aliphatic rings. The number of nitro benzene ring substituents is 1. The summed E-state index contributed by atoms with van der Waals surface area (Å²) in [5.74, 6) is 0.231. The average Bonchev–Trinajstić information content (AvgIpc) is 2.35. The highest BCUT2D eigenvalue weighted by Crippen LogP contribution is 2.38. The van der Waals surface area contributed by atoms with Crippen molar-refractivity contribution in [2.24, 2.45) is 5.92 Å². The van der Waals surface area contributed by atoms with Crippen LogP contribution in [0.3, 0.4) is 0 Å². The highest BCUT2D eigenvalue weighted by molar-refractivity contribution is 5.56. The maximum atomic E-state index is 12.9. The maximum absolute atomic E-state index is 12.9. The first-order chi connectivity index (χ1) is 9.68. The van der Waals surface area contributed by atoms with Gasteiger partial charge in [0.2, 0.25) is 0 Å². The van der Waals surface area contributed by atoms with E-state index in [9.17, 15) is 28.4 Å². The molecule has 0 spiro atoms. The van der Waals surface area contributed by atoms with Crippen LogP contribution in [0.15, 0.2) is 18.2 Å². The molecule has 0 bridgehead atoms. The smallest absolute Gasteiger partial charge is 0.393 e. The Kier molecular flexibility index (Phi) is 4.08. The molecule has 2 rings (SSSR count). The largest absolute Gasteiger partial charge is 0.423 e. The number of aliphatic hydroxyl groups is 1. The molecule has 1 fully saturated rings. The van der Waals surface area contributed by atoms with Gasteiger partial charge in [0.05, 0.1) is 11.0 Å². The van der Waals surface area contributed by atoms with Crippen LogP contribution in [0.5, 0.6) is 0 Å². The highest BCUT2D eigenvalue weighted by atomic mass is 19.4. The van der Waals surface area contributed by atoms with Crippen LogP contribution in [-0.4, -0.2) is 29.7 Å². The molecule has 8 heteroatoms. The second-order valence-corrected chi connectivity index (χ2v) is 5.33. The summed E-state index contributed by atoms with van der Waals surface area (Å²) in [6, 6.07) is 2.99. The number of alkyl halides is 3. The van der Waals surface area contributed by atoms with E-state index in [4.69, 9.17) is 0 Å². The zero-order valence-corrected chi connectivity index (χ0v) is 11.3. The average molecular weight is 304 g/mol. The molecule has 0 amide bonds. The van der Waals surface area contributed by atoms with Crippen molar-refractivity contribution in [1.29, 1.82) is 0 Å². The van der Waals surface area contributed by atoms with E-state index in [2.05, 4.69) is 0 Å². The molecule has 0 saturated heterocycles. The fourth-order valence-corrected chi connectivity index (χ4v) is 2.49. The topological polar surface area (TPSA) is 66.6 Å². The highest BCUT2D eigenvalue weighted by Gasteiger charge is 2.38. The van der Waals surface area contributed by atoms with Gasteiger partial charge in [-0.2, -0.15) is 13.2 Å². The Morgan fingerprint density at radius 3 is 2.52 bits per heavy atom. The molecule has 0 heterocycles. The molecule has 0 aliphatic heterocycles. The molecular formula is C13H15F3N2O3. The third kappa shape index (κ3) is 3.44. The minimum Gasteiger partial charge on any atom is -0.393 e. The van der Waals surface area contributed by atoms with Gasteiger partial charge in [0.15, 0.2) is 0 Å². The second-order valence-electron chi connectivity index (χ2n) is 5.33. The number of rotatable bonds is 4. The Bertz CT molecular complexity index is 542. The van der Waals surface area contributed by atoms with Crippen LogP contribution < -0.4 is 4.90 Å². The molecule has 116 valence electrons. The fourth-order valence-electron chi connectivity index (χ4n) is 2.49. The number of hydrogen-bond acceptors (Lipinski definition) is 4. The van der Waals surface area contributed by atoms with Gasteiger partial charge in [-0.15, -0.1) is 0 Å². The zero-order valence-electron chi connectivity index (χ0n) is 11.3. The van der Waals surface area contributed by atoms with Gasteiger partial charge in [-0.1, -0.05) is 0 Å². The molecular weight excluding hydrogens is 289 g/mol. The first-order valence-corrected chi connectivity index (χ1v) is 6.43. The van der Waals surface area contributed by atoms with Crippen LogP contribution in [0.2, 0.25) is 0 Å². The van der Waals surface area contributed by atoms with E-state index < -0.39 is 22.4 Å². The molecule has 1 aliphatic carbocycles. The van der Waals surface area contributed by atoms with E-state index in [-0.39, 0.29) is 17.7 Å². The molecule has 0 unspecified atom stereocenters. The van der Waals surface area contributed by atoms with Crippen LogP contribution in [0.1, 0.15) is 18.4 Å². The Balaban J connectivity index is 2.22. The summed E-state index contributed by atoms with van der Waals surface area (Å²) in [5, 5.41) is 19.9. The van der Waals surface area contributed by atoms with Gasteiger partial charge in [0.25, 0.3) is 5.69 Å². The molecule has 1 aromatic carbocycles. The molecule has 0 atom stereocenters. The minimum absolute atomic E-state index is 0.231. The Morgan fingerprint density at radius 2 is 2.05 bits per heavy atom. The normalized spacial score (nSPS) is 21.8. The van der Waals surface area contributed by atoms with Crippen molar-refractivity contribution in [1.82, 2.24) is 0 Å². The Hall–Kier alpha value is -1.83. The summed E-state index contributed by atoms with van der Waals surface area (Å²) >= 11 is 0. The SMILES string of the molecule is CN(CC1CC(O)C1)c1ccc([N+](=O)[O-])c(C(F)(F)F)c1. The van der Waals surface area contributed by atoms with Gasteiger partial charge >= 0.3 is 6.18 Å². The summed E-state index contributed by atoms with van der Waals surface area (Å²) in [4.78, 5) is 11.3. The van der Waals surface area contributed by atoms with Crippen LogP contribution in [0.25, 0.3) is 0 Å². The van der Waals surface area contributed by atoms with Crippen molar-refractivity contribution in [3.8, 4) is 0 Å². The second kappa shape index (κ2) is 5.51. The lowest BCUT2D eigenvalue weighted by Crippen LogP contribution is -2.37. The summed E-state index contributed by atoms with van der Waals surface area (Å²) in [5.41, 5.74) is -1.92. The Morgan fingerprint density at radius 1 is 1.43 bits per heavy atom. The molecule has 21 heavy (non-hydrogen) atoms. The van der Waals surface area contributed by atoms with Gasteiger partial charge in [-0.3, -0.25) is 10.1 Å². The molecule has 0 aromatic heterocycles. The zero-order chi connectivity index (χ0) is 15.8. The van der Waals surface area contributed by atoms with Crippen LogP contribution in [0.4, 0.5) is 24.5 Å². The van der Waals surface area contributed by atoms with Crippen molar-refractivity contribution in [3.63, 3.8) is 0 Å². The van der Waals surface area contributed by atoms with Gasteiger partial charge < -0.3 is 10.0 Å². The van der Waals surface area contributed by atoms with Gasteiger partial charge in [-0.25, -0.2) is 0 Å². The first kappa shape index (κ1) is 15.6. The van der Waals surface area contributed by atoms with Crippen molar-refractivity contribution >= 4 is 11.4 Å². The number of hydrogen-bond donors (Lipinski definition) is 1. The molecule has 1 aromatic rings. The summed E-state index contributed by atoms with van der Waals surface area (Å²) in [7, 11) is 1.63. The summed E-state index contributed by atoms with van der Waals surface area (Å²) < 4.78 is 38.7. The van der Waals surface area contributed by atoms with Crippen LogP contribution >= 0.6 is 0 Å². The number of anilines is 1. The number of nitro groups is 1. The van der Waals surface area contributed by atoms with E-state index in [1.807, 2.05) is 0 Å². The third-order valence-electron chi connectivity index (χ3n) is 3.67. The first-order valence-electron chi connectivity index (χ1n) is 6.43. The number of nitrogens with zero attached hydrogens (tertiary/aromatic N) is 2. The fraction of sp³-hybridized carbons (Fsp3) is 0.538. The molecule has 1 saturated carbocycles. The lowest BCUT2D eigenvalue weighted by Gasteiger charge is -2.35. The van der Waals surface area contributed by atoms with Crippen LogP contribution in [0, 0.1) is 16.0 Å². The third-order valence-corrected chi connectivity index (χ3v) is 3.67. The van der Waals surface area contributed by atoms with Crippen molar-refractivity contribution in [3.05, 3.63) is 33.9 Å². The number of benzene rings is 1. The van der Waals surface area contributed by atoms with Crippen molar-refractivity contribution in [2.45, 2.75) is 25.1 Å². The van der Waals surface area contributed by atoms with Crippen molar-refractivity contribution < 1.29 is 23.2 Å². The van der Waals surface area contributed by atoms with Crippen molar-refractivity contribution in [2.75, 3.05) is 18.5 Å². The van der Waals surface area contributed by atoms with Gasteiger partial charge in [0, 0.05) is 25.3 Å². The molecule has 0 radical (unpaired) electrons. The van der Waals surface area contributed by atoms with E-state index in [1.165, 1.54) is 6.07 Å². The van der Waals surface area contributed by atoms with E-state index in [0.717, 1.165) is 12.1 Å². The number of aliphatic hydroxyl groups excluding tert-OH is 1. The minimum atomic E-state index is -4.77. The summed E-state index contributed by atoms with van der Waals surface area (Å²) in [6.45, 7) is 0.506. The van der Waals surface area contributed by atoms with E-state index in [0.29, 0.717) is 19.4 Å². The number of halogens is 3. The monoisotopic (exact) mass is 304 g/mol. The quantitative estimate of drug-likeness (QED) is 0.686. The standard InChI is InChI=1S/C13H15F3N2O3/c1-17(7-8-4-10(19)5-8)9-2-3-12(18(20)21)11(6-9)13(14,15)16/h2-3,6,8,10,19H,4-5,7H2,1H3. The maximum Gasteiger partial charge on any atom is 0.423 e.